The predicted octanol–water partition coefficient (Wildman–Crippen LogP) is 4.29. The molecule has 1 aliphatic carbocycles. The van der Waals surface area contributed by atoms with E-state index in [4.69, 9.17) is 0 Å². The van der Waals surface area contributed by atoms with Crippen molar-refractivity contribution in [3.8, 4) is 0 Å². The van der Waals surface area contributed by atoms with E-state index in [9.17, 15) is 4.79 Å². The van der Waals surface area contributed by atoms with E-state index in [-0.39, 0.29) is 9.86 Å². The van der Waals surface area contributed by atoms with Crippen LogP contribution in [0.5, 0.6) is 0 Å². The van der Waals surface area contributed by atoms with Gasteiger partial charge in [-0.05, 0) is 23.8 Å². The molecule has 2 nitrogen and oxygen atoms in total. The molecule has 3 aliphatic heterocycles. The molecule has 1 aromatic rings. The first-order valence-electron chi connectivity index (χ1n) is 7.81. The second kappa shape index (κ2) is 4.92. The zero-order chi connectivity index (χ0) is 15.4. The molecule has 1 saturated heterocycles. The minimum absolute atomic E-state index is 0.207. The minimum Gasteiger partial charge on any atom is -0.316 e. The van der Waals surface area contributed by atoms with Crippen LogP contribution in [0, 0.1) is 0 Å². The van der Waals surface area contributed by atoms with Gasteiger partial charge < -0.3 is 4.90 Å². The summed E-state index contributed by atoms with van der Waals surface area (Å²) >= 11 is 3.82. The fraction of sp³-hybridized carbons (Fsp3) is 0.211. The van der Waals surface area contributed by atoms with Gasteiger partial charge in [0.2, 0.25) is 0 Å². The van der Waals surface area contributed by atoms with Gasteiger partial charge in [0, 0.05) is 35.3 Å². The Morgan fingerprint density at radius 3 is 2.78 bits per heavy atom. The first kappa shape index (κ1) is 13.8. The van der Waals surface area contributed by atoms with Crippen LogP contribution in [-0.2, 0) is 4.79 Å². The largest absolute Gasteiger partial charge is 0.316 e. The van der Waals surface area contributed by atoms with Gasteiger partial charge in [0.25, 0.3) is 0 Å². The molecule has 3 heterocycles. The number of benzene rings is 1. The molecule has 1 spiro atoms. The van der Waals surface area contributed by atoms with E-state index in [1.807, 2.05) is 29.6 Å². The van der Waals surface area contributed by atoms with Crippen LogP contribution in [0.3, 0.4) is 0 Å². The lowest BCUT2D eigenvalue weighted by Gasteiger charge is -2.41. The van der Waals surface area contributed by atoms with Gasteiger partial charge >= 0.3 is 0 Å². The average molecular weight is 337 g/mol. The number of carbonyl (C=O) groups is 1. The summed E-state index contributed by atoms with van der Waals surface area (Å²) < 4.78 is -0.207. The molecule has 0 N–H and O–H groups in total. The van der Waals surface area contributed by atoms with E-state index in [1.165, 1.54) is 16.8 Å². The lowest BCUT2D eigenvalue weighted by molar-refractivity contribution is -0.115. The zero-order valence-corrected chi connectivity index (χ0v) is 14.1. The smallest absolute Gasteiger partial charge is 0.167 e. The molecule has 0 aromatic heterocycles. The number of rotatable bonds is 0. The predicted molar refractivity (Wildman–Crippen MR) is 98.7 cm³/mol. The third-order valence-electron chi connectivity index (χ3n) is 4.66. The molecule has 4 heteroatoms. The van der Waals surface area contributed by atoms with Crippen molar-refractivity contribution in [3.05, 3.63) is 71.1 Å². The lowest BCUT2D eigenvalue weighted by Crippen LogP contribution is -2.36. The molecule has 1 aromatic carbocycles. The number of fused-ring (bicyclic) bond motifs is 5. The number of allylic oxidation sites excluding steroid dienone is 2. The summed E-state index contributed by atoms with van der Waals surface area (Å²) in [6, 6.07) is 8.49. The summed E-state index contributed by atoms with van der Waals surface area (Å²) in [5.41, 5.74) is 5.75. The van der Waals surface area contributed by atoms with Crippen molar-refractivity contribution in [2.45, 2.75) is 10.5 Å². The zero-order valence-electron chi connectivity index (χ0n) is 12.5. The van der Waals surface area contributed by atoms with E-state index in [0.29, 0.717) is 6.42 Å². The Bertz CT molecular complexity index is 841. The summed E-state index contributed by atoms with van der Waals surface area (Å²) in [5, 5.41) is 0. The van der Waals surface area contributed by atoms with Crippen LogP contribution in [0.2, 0.25) is 0 Å². The Hall–Kier alpha value is -1.65. The van der Waals surface area contributed by atoms with E-state index in [1.54, 1.807) is 0 Å². The van der Waals surface area contributed by atoms with Crippen LogP contribution >= 0.6 is 23.5 Å². The first-order valence-corrected chi connectivity index (χ1v) is 9.78. The summed E-state index contributed by atoms with van der Waals surface area (Å²) in [6.45, 7) is 0. The summed E-state index contributed by atoms with van der Waals surface area (Å²) in [6.07, 6.45) is 11.2. The SMILES string of the molecule is O=C1CC=CC2=C1C1(C=C3c4ccccc4C=CN32)SCCS1. The fourth-order valence-electron chi connectivity index (χ4n) is 3.69. The molecular weight excluding hydrogens is 322 g/mol. The van der Waals surface area contributed by atoms with Crippen molar-refractivity contribution in [2.75, 3.05) is 11.5 Å². The quantitative estimate of drug-likeness (QED) is 0.703. The van der Waals surface area contributed by atoms with Gasteiger partial charge in [-0.1, -0.05) is 30.3 Å². The average Bonchev–Trinajstić information content (AvgIpc) is 3.03. The molecule has 0 radical (unpaired) electrons. The molecule has 0 unspecified atom stereocenters. The van der Waals surface area contributed by atoms with Gasteiger partial charge in [-0.25, -0.2) is 0 Å². The molecule has 4 aliphatic rings. The number of hydrogen-bond acceptors (Lipinski definition) is 4. The lowest BCUT2D eigenvalue weighted by atomic mass is 9.89. The Balaban J connectivity index is 1.78. The van der Waals surface area contributed by atoms with E-state index < -0.39 is 0 Å². The van der Waals surface area contributed by atoms with Gasteiger partial charge in [0.05, 0.1) is 11.4 Å². The van der Waals surface area contributed by atoms with Crippen LogP contribution in [0.25, 0.3) is 11.8 Å². The maximum absolute atomic E-state index is 12.7. The highest BCUT2D eigenvalue weighted by molar-refractivity contribution is 8.22. The maximum atomic E-state index is 12.7. The van der Waals surface area contributed by atoms with Crippen LogP contribution in [0.4, 0.5) is 0 Å². The van der Waals surface area contributed by atoms with Crippen LogP contribution in [0.1, 0.15) is 17.5 Å². The van der Waals surface area contributed by atoms with Crippen molar-refractivity contribution < 1.29 is 4.79 Å². The third-order valence-corrected chi connectivity index (χ3v) is 7.95. The number of hydrogen-bond donors (Lipinski definition) is 0. The number of thioether (sulfide) groups is 2. The number of Topliss-reactive ketones (excluding diaryl/α,β-unsaturated/α-hetero) is 1. The van der Waals surface area contributed by atoms with Crippen molar-refractivity contribution in [2.24, 2.45) is 0 Å². The van der Waals surface area contributed by atoms with E-state index in [2.05, 4.69) is 53.6 Å². The van der Waals surface area contributed by atoms with Gasteiger partial charge in [-0.2, -0.15) is 0 Å². The van der Waals surface area contributed by atoms with Crippen LogP contribution in [0.15, 0.2) is 60.0 Å². The van der Waals surface area contributed by atoms with Gasteiger partial charge in [0.1, 0.15) is 4.08 Å². The topological polar surface area (TPSA) is 20.3 Å². The fourth-order valence-corrected chi connectivity index (χ4v) is 6.91. The third kappa shape index (κ3) is 1.88. The number of ketones is 1. The van der Waals surface area contributed by atoms with Gasteiger partial charge in [-0.15, -0.1) is 23.5 Å². The first-order chi connectivity index (χ1) is 11.3. The Labute approximate surface area is 144 Å². The summed E-state index contributed by atoms with van der Waals surface area (Å²) in [7, 11) is 0. The van der Waals surface area contributed by atoms with Crippen LogP contribution in [-0.4, -0.2) is 26.3 Å². The molecule has 1 fully saturated rings. The van der Waals surface area contributed by atoms with Gasteiger partial charge in [0.15, 0.2) is 5.78 Å². The molecule has 0 saturated carbocycles. The van der Waals surface area contributed by atoms with Crippen molar-refractivity contribution in [3.63, 3.8) is 0 Å². The Kier molecular flexibility index (Phi) is 2.94. The van der Waals surface area contributed by atoms with Crippen molar-refractivity contribution >= 4 is 41.1 Å². The standard InChI is InChI=1S/C19H15NOS2/c21-17-7-3-6-15-18(17)19(22-10-11-23-19)12-16-14-5-2-1-4-13(14)8-9-20(15)16/h1-6,8-9,12H,7,10-11H2. The maximum Gasteiger partial charge on any atom is 0.167 e. The highest BCUT2D eigenvalue weighted by Gasteiger charge is 2.47. The molecule has 0 amide bonds. The number of nitrogens with zero attached hydrogens (tertiary/aromatic N) is 1. The highest BCUT2D eigenvalue weighted by Crippen LogP contribution is 2.57. The molecule has 0 bridgehead atoms. The molecule has 0 atom stereocenters. The van der Waals surface area contributed by atoms with Gasteiger partial charge in [-0.3, -0.25) is 4.79 Å². The monoisotopic (exact) mass is 337 g/mol. The van der Waals surface area contributed by atoms with Crippen molar-refractivity contribution in [1.82, 2.24) is 4.90 Å². The van der Waals surface area contributed by atoms with Crippen molar-refractivity contribution in [1.29, 1.82) is 0 Å². The summed E-state index contributed by atoms with van der Waals surface area (Å²) in [5.74, 6) is 2.46. The second-order valence-electron chi connectivity index (χ2n) is 5.96. The minimum atomic E-state index is -0.207. The summed E-state index contributed by atoms with van der Waals surface area (Å²) in [4.78, 5) is 14.9. The number of carbonyl (C=O) groups excluding carboxylic acids is 1. The molecule has 23 heavy (non-hydrogen) atoms. The Morgan fingerprint density at radius 2 is 1.91 bits per heavy atom. The molecular formula is C19H15NOS2. The normalized spacial score (nSPS) is 23.7. The molecule has 5 rings (SSSR count). The highest BCUT2D eigenvalue weighted by atomic mass is 32.2. The van der Waals surface area contributed by atoms with Crippen LogP contribution < -0.4 is 0 Å². The molecule has 114 valence electrons. The van der Waals surface area contributed by atoms with E-state index >= 15 is 0 Å². The second-order valence-corrected chi connectivity index (χ2v) is 8.90. The Morgan fingerprint density at radius 1 is 1.09 bits per heavy atom. The van der Waals surface area contributed by atoms with E-state index in [0.717, 1.165) is 22.8 Å².